The zero-order valence-electron chi connectivity index (χ0n) is 12.0. The van der Waals surface area contributed by atoms with Crippen molar-refractivity contribution in [3.8, 4) is 5.75 Å². The van der Waals surface area contributed by atoms with Gasteiger partial charge in [-0.3, -0.25) is 0 Å². The molecule has 1 N–H and O–H groups in total. The van der Waals surface area contributed by atoms with E-state index in [0.717, 1.165) is 27.8 Å². The molecule has 0 fully saturated rings. The Balaban J connectivity index is 1.86. The molecule has 0 saturated carbocycles. The van der Waals surface area contributed by atoms with Crippen LogP contribution in [0.4, 0.5) is 0 Å². The Morgan fingerprint density at radius 1 is 1.25 bits per heavy atom. The number of nitrogens with zero attached hydrogens (tertiary/aromatic N) is 3. The summed E-state index contributed by atoms with van der Waals surface area (Å²) in [6.07, 6.45) is 0. The first-order chi connectivity index (χ1) is 9.63. The van der Waals surface area contributed by atoms with Gasteiger partial charge in [-0.05, 0) is 25.0 Å². The average Bonchev–Trinajstić information content (AvgIpc) is 2.78. The highest BCUT2D eigenvalue weighted by Crippen LogP contribution is 2.23. The maximum atomic E-state index is 9.06. The van der Waals surface area contributed by atoms with Gasteiger partial charge in [-0.15, -0.1) is 10.2 Å². The average molecular weight is 293 g/mol. The molecular formula is C14H19N3O2S. The van der Waals surface area contributed by atoms with E-state index in [1.54, 1.807) is 16.3 Å². The second kappa shape index (κ2) is 6.76. The van der Waals surface area contributed by atoms with E-state index in [-0.39, 0.29) is 6.61 Å². The van der Waals surface area contributed by atoms with Gasteiger partial charge in [0.25, 0.3) is 0 Å². The lowest BCUT2D eigenvalue weighted by molar-refractivity contribution is 0.266. The van der Waals surface area contributed by atoms with Crippen LogP contribution in [0.5, 0.6) is 5.75 Å². The van der Waals surface area contributed by atoms with E-state index in [1.807, 2.05) is 39.1 Å². The summed E-state index contributed by atoms with van der Waals surface area (Å²) in [7, 11) is 1.85. The molecule has 0 atom stereocenters. The van der Waals surface area contributed by atoms with Gasteiger partial charge in [-0.25, -0.2) is 0 Å². The zero-order valence-corrected chi connectivity index (χ0v) is 12.8. The molecule has 0 spiro atoms. The Morgan fingerprint density at radius 2 is 1.95 bits per heavy atom. The number of hydrogen-bond acceptors (Lipinski definition) is 5. The number of benzene rings is 1. The lowest BCUT2D eigenvalue weighted by Crippen LogP contribution is -2.04. The summed E-state index contributed by atoms with van der Waals surface area (Å²) >= 11 is 1.57. The van der Waals surface area contributed by atoms with E-state index >= 15 is 0 Å². The molecule has 0 aliphatic rings. The van der Waals surface area contributed by atoms with Crippen molar-refractivity contribution in [2.75, 3.05) is 12.4 Å². The van der Waals surface area contributed by atoms with Crippen LogP contribution in [-0.4, -0.2) is 32.2 Å². The van der Waals surface area contributed by atoms with Gasteiger partial charge < -0.3 is 14.4 Å². The predicted molar refractivity (Wildman–Crippen MR) is 79.1 cm³/mol. The van der Waals surface area contributed by atoms with E-state index in [1.165, 1.54) is 0 Å². The number of thioether (sulfide) groups is 1. The van der Waals surface area contributed by atoms with Crippen LogP contribution in [0.3, 0.4) is 0 Å². The van der Waals surface area contributed by atoms with Crippen molar-refractivity contribution in [3.05, 3.63) is 35.2 Å². The van der Waals surface area contributed by atoms with Gasteiger partial charge in [0.15, 0.2) is 11.0 Å². The first kappa shape index (κ1) is 14.9. The molecule has 2 rings (SSSR count). The second-order valence-corrected chi connectivity index (χ2v) is 5.60. The Labute approximate surface area is 123 Å². The van der Waals surface area contributed by atoms with Gasteiger partial charge in [-0.2, -0.15) is 0 Å². The van der Waals surface area contributed by atoms with E-state index < -0.39 is 0 Å². The first-order valence-corrected chi connectivity index (χ1v) is 7.43. The molecule has 0 amide bonds. The Morgan fingerprint density at radius 3 is 2.55 bits per heavy atom. The number of hydrogen-bond donors (Lipinski definition) is 1. The SMILES string of the molecule is Cc1cccc(C)c1OCCSc1nnc(CO)n1C. The van der Waals surface area contributed by atoms with Gasteiger partial charge >= 0.3 is 0 Å². The molecule has 0 aliphatic carbocycles. The first-order valence-electron chi connectivity index (χ1n) is 6.44. The summed E-state index contributed by atoms with van der Waals surface area (Å²) < 4.78 is 7.63. The Bertz CT molecular complexity index is 564. The molecule has 0 unspecified atom stereocenters. The second-order valence-electron chi connectivity index (χ2n) is 4.53. The fourth-order valence-corrected chi connectivity index (χ4v) is 2.66. The molecule has 20 heavy (non-hydrogen) atoms. The quantitative estimate of drug-likeness (QED) is 0.653. The normalized spacial score (nSPS) is 10.8. The van der Waals surface area contributed by atoms with Crippen LogP contribution in [0.25, 0.3) is 0 Å². The number of aliphatic hydroxyl groups is 1. The number of aliphatic hydroxyl groups excluding tert-OH is 1. The molecular weight excluding hydrogens is 274 g/mol. The van der Waals surface area contributed by atoms with Crippen LogP contribution in [0.2, 0.25) is 0 Å². The van der Waals surface area contributed by atoms with Crippen molar-refractivity contribution < 1.29 is 9.84 Å². The number of aromatic nitrogens is 3. The third-order valence-electron chi connectivity index (χ3n) is 3.04. The van der Waals surface area contributed by atoms with Crippen LogP contribution in [0.15, 0.2) is 23.4 Å². The monoisotopic (exact) mass is 293 g/mol. The molecule has 1 aromatic heterocycles. The molecule has 108 valence electrons. The highest BCUT2D eigenvalue weighted by atomic mass is 32.2. The molecule has 6 heteroatoms. The Kier molecular flexibility index (Phi) is 5.03. The predicted octanol–water partition coefficient (Wildman–Crippen LogP) is 2.10. The molecule has 0 radical (unpaired) electrons. The lowest BCUT2D eigenvalue weighted by Gasteiger charge is -2.11. The van der Waals surface area contributed by atoms with Crippen molar-refractivity contribution in [1.82, 2.24) is 14.8 Å². The Hall–Kier alpha value is -1.53. The van der Waals surface area contributed by atoms with E-state index in [4.69, 9.17) is 9.84 Å². The zero-order chi connectivity index (χ0) is 14.5. The van der Waals surface area contributed by atoms with Gasteiger partial charge in [0.2, 0.25) is 0 Å². The number of rotatable bonds is 6. The maximum absolute atomic E-state index is 9.06. The number of para-hydroxylation sites is 1. The van der Waals surface area contributed by atoms with Gasteiger partial charge in [0, 0.05) is 12.8 Å². The highest BCUT2D eigenvalue weighted by molar-refractivity contribution is 7.99. The van der Waals surface area contributed by atoms with Crippen LogP contribution in [0.1, 0.15) is 17.0 Å². The third kappa shape index (κ3) is 3.32. The van der Waals surface area contributed by atoms with Gasteiger partial charge in [0.1, 0.15) is 12.4 Å². The number of ether oxygens (including phenoxy) is 1. The molecule has 5 nitrogen and oxygen atoms in total. The molecule has 0 bridgehead atoms. The van der Waals surface area contributed by atoms with Crippen LogP contribution in [-0.2, 0) is 13.7 Å². The minimum atomic E-state index is -0.0943. The smallest absolute Gasteiger partial charge is 0.191 e. The molecule has 0 aliphatic heterocycles. The highest BCUT2D eigenvalue weighted by Gasteiger charge is 2.08. The van der Waals surface area contributed by atoms with Crippen molar-refractivity contribution in [2.45, 2.75) is 25.6 Å². The van der Waals surface area contributed by atoms with Crippen molar-refractivity contribution in [1.29, 1.82) is 0 Å². The van der Waals surface area contributed by atoms with Crippen LogP contribution in [0, 0.1) is 13.8 Å². The summed E-state index contributed by atoms with van der Waals surface area (Å²) in [5.41, 5.74) is 2.30. The third-order valence-corrected chi connectivity index (χ3v) is 4.02. The summed E-state index contributed by atoms with van der Waals surface area (Å²) in [6, 6.07) is 6.12. The topological polar surface area (TPSA) is 60.2 Å². The van der Waals surface area contributed by atoms with E-state index in [9.17, 15) is 0 Å². The largest absolute Gasteiger partial charge is 0.492 e. The van der Waals surface area contributed by atoms with Crippen LogP contribution < -0.4 is 4.74 Å². The standard InChI is InChI=1S/C14H19N3O2S/c1-10-5-4-6-11(2)13(10)19-7-8-20-14-16-15-12(9-18)17(14)3/h4-6,18H,7-9H2,1-3H3. The fraction of sp³-hybridized carbons (Fsp3) is 0.429. The summed E-state index contributed by atoms with van der Waals surface area (Å²) in [4.78, 5) is 0. The molecule has 0 saturated heterocycles. The molecule has 2 aromatic rings. The summed E-state index contributed by atoms with van der Waals surface area (Å²) in [6.45, 7) is 4.61. The fourth-order valence-electron chi connectivity index (χ4n) is 1.91. The van der Waals surface area contributed by atoms with Gasteiger partial charge in [-0.1, -0.05) is 30.0 Å². The minimum absolute atomic E-state index is 0.0943. The van der Waals surface area contributed by atoms with E-state index in [0.29, 0.717) is 12.4 Å². The summed E-state index contributed by atoms with van der Waals surface area (Å²) in [5.74, 6) is 2.32. The van der Waals surface area contributed by atoms with Crippen molar-refractivity contribution in [2.24, 2.45) is 7.05 Å². The minimum Gasteiger partial charge on any atom is -0.492 e. The van der Waals surface area contributed by atoms with Crippen LogP contribution >= 0.6 is 11.8 Å². The number of aryl methyl sites for hydroxylation is 2. The lowest BCUT2D eigenvalue weighted by atomic mass is 10.1. The molecule has 1 heterocycles. The van der Waals surface area contributed by atoms with E-state index in [2.05, 4.69) is 10.2 Å². The maximum Gasteiger partial charge on any atom is 0.191 e. The van der Waals surface area contributed by atoms with Gasteiger partial charge in [0.05, 0.1) is 6.61 Å². The van der Waals surface area contributed by atoms with Crippen molar-refractivity contribution in [3.63, 3.8) is 0 Å². The summed E-state index contributed by atoms with van der Waals surface area (Å²) in [5, 5.41) is 17.8. The van der Waals surface area contributed by atoms with Crippen molar-refractivity contribution >= 4 is 11.8 Å². The molecule has 1 aromatic carbocycles.